The van der Waals surface area contributed by atoms with E-state index >= 15 is 0 Å². The molecule has 5 heteroatoms. The zero-order valence-electron chi connectivity index (χ0n) is 16.4. The van der Waals surface area contributed by atoms with Crippen molar-refractivity contribution in [3.8, 4) is 0 Å². The van der Waals surface area contributed by atoms with Crippen LogP contribution < -0.4 is 10.6 Å². The van der Waals surface area contributed by atoms with Gasteiger partial charge in [-0.15, -0.1) is 0 Å². The van der Waals surface area contributed by atoms with Crippen LogP contribution in [0.2, 0.25) is 0 Å². The van der Waals surface area contributed by atoms with Crippen molar-refractivity contribution in [3.63, 3.8) is 0 Å². The van der Waals surface area contributed by atoms with E-state index in [0.29, 0.717) is 16.9 Å². The molecular formula is C23H26N4O. The summed E-state index contributed by atoms with van der Waals surface area (Å²) in [5.74, 6) is 0.450. The molecule has 0 unspecified atom stereocenters. The molecule has 0 spiro atoms. The number of anilines is 3. The Morgan fingerprint density at radius 3 is 2.29 bits per heavy atom. The maximum absolute atomic E-state index is 13.2. The van der Waals surface area contributed by atoms with Crippen molar-refractivity contribution in [2.24, 2.45) is 0 Å². The first-order valence-electron chi connectivity index (χ1n) is 9.39. The lowest BCUT2D eigenvalue weighted by molar-refractivity contribution is 0.103. The maximum Gasteiger partial charge on any atom is 0.195 e. The Balaban J connectivity index is 2.03. The molecule has 1 heterocycles. The molecule has 0 saturated heterocycles. The lowest BCUT2D eigenvalue weighted by Crippen LogP contribution is -2.25. The van der Waals surface area contributed by atoms with Gasteiger partial charge in [-0.1, -0.05) is 42.5 Å². The summed E-state index contributed by atoms with van der Waals surface area (Å²) in [6.07, 6.45) is 2.60. The van der Waals surface area contributed by atoms with Crippen LogP contribution in [-0.4, -0.2) is 42.9 Å². The van der Waals surface area contributed by atoms with Crippen molar-refractivity contribution in [2.45, 2.75) is 6.42 Å². The fourth-order valence-corrected chi connectivity index (χ4v) is 3.20. The number of pyridine rings is 1. The first-order chi connectivity index (χ1) is 13.6. The van der Waals surface area contributed by atoms with Crippen LogP contribution in [0.3, 0.4) is 0 Å². The average Bonchev–Trinajstić information content (AvgIpc) is 2.72. The van der Waals surface area contributed by atoms with Gasteiger partial charge in [0.25, 0.3) is 0 Å². The molecule has 0 bridgehead atoms. The Hall–Kier alpha value is -3.18. The number of benzene rings is 2. The van der Waals surface area contributed by atoms with Crippen molar-refractivity contribution < 1.29 is 4.79 Å². The highest BCUT2D eigenvalue weighted by Crippen LogP contribution is 2.32. The van der Waals surface area contributed by atoms with Gasteiger partial charge in [-0.2, -0.15) is 0 Å². The third-order valence-electron chi connectivity index (χ3n) is 4.57. The third kappa shape index (κ3) is 4.56. The minimum Gasteiger partial charge on any atom is -0.382 e. The summed E-state index contributed by atoms with van der Waals surface area (Å²) < 4.78 is 0. The number of para-hydroxylation sites is 1. The Morgan fingerprint density at radius 2 is 1.57 bits per heavy atom. The van der Waals surface area contributed by atoms with Crippen LogP contribution in [0.15, 0.2) is 72.9 Å². The van der Waals surface area contributed by atoms with Gasteiger partial charge < -0.3 is 15.5 Å². The second kappa shape index (κ2) is 9.15. The van der Waals surface area contributed by atoms with Crippen molar-refractivity contribution in [2.75, 3.05) is 37.8 Å². The molecule has 1 aromatic heterocycles. The van der Waals surface area contributed by atoms with Crippen LogP contribution >= 0.6 is 0 Å². The van der Waals surface area contributed by atoms with E-state index in [2.05, 4.69) is 28.9 Å². The van der Waals surface area contributed by atoms with E-state index in [4.69, 9.17) is 5.73 Å². The second-order valence-corrected chi connectivity index (χ2v) is 6.93. The minimum atomic E-state index is -0.00345. The number of nitrogen functional groups attached to an aromatic ring is 1. The Morgan fingerprint density at radius 1 is 0.893 bits per heavy atom. The molecule has 28 heavy (non-hydrogen) atoms. The fraction of sp³-hybridized carbons (Fsp3) is 0.217. The summed E-state index contributed by atoms with van der Waals surface area (Å²) in [7, 11) is 4.10. The van der Waals surface area contributed by atoms with Gasteiger partial charge in [0.15, 0.2) is 5.78 Å². The van der Waals surface area contributed by atoms with Crippen molar-refractivity contribution in [1.82, 2.24) is 9.88 Å². The topological polar surface area (TPSA) is 62.5 Å². The number of aromatic nitrogens is 1. The number of carbonyl (C=O) groups is 1. The molecule has 0 amide bonds. The highest BCUT2D eigenvalue weighted by molar-refractivity contribution is 6.12. The zero-order valence-corrected chi connectivity index (χ0v) is 16.4. The molecule has 0 atom stereocenters. The van der Waals surface area contributed by atoms with Crippen LogP contribution in [0, 0.1) is 0 Å². The van der Waals surface area contributed by atoms with Gasteiger partial charge in [0.1, 0.15) is 5.82 Å². The van der Waals surface area contributed by atoms with Crippen LogP contribution in [-0.2, 0) is 0 Å². The number of hydrogen-bond acceptors (Lipinski definition) is 5. The molecule has 0 saturated carbocycles. The molecule has 144 valence electrons. The number of nitrogens with zero attached hydrogens (tertiary/aromatic N) is 3. The number of carbonyl (C=O) groups excluding carboxylic acids is 1. The molecule has 0 aliphatic carbocycles. The summed E-state index contributed by atoms with van der Waals surface area (Å²) in [5.41, 5.74) is 9.16. The minimum absolute atomic E-state index is 0.00345. The van der Waals surface area contributed by atoms with E-state index in [1.165, 1.54) is 0 Å². The van der Waals surface area contributed by atoms with Crippen molar-refractivity contribution in [3.05, 3.63) is 84.1 Å². The first kappa shape index (κ1) is 19.6. The summed E-state index contributed by atoms with van der Waals surface area (Å²) in [4.78, 5) is 21.7. The average molecular weight is 374 g/mol. The van der Waals surface area contributed by atoms with Gasteiger partial charge in [-0.05, 0) is 51.3 Å². The Labute approximate surface area is 166 Å². The predicted molar refractivity (Wildman–Crippen MR) is 115 cm³/mol. The quantitative estimate of drug-likeness (QED) is 0.604. The number of nitrogens with two attached hydrogens (primary N) is 1. The van der Waals surface area contributed by atoms with Gasteiger partial charge in [0, 0.05) is 23.9 Å². The van der Waals surface area contributed by atoms with Crippen LogP contribution in [0.5, 0.6) is 0 Å². The molecule has 2 aromatic carbocycles. The second-order valence-electron chi connectivity index (χ2n) is 6.93. The summed E-state index contributed by atoms with van der Waals surface area (Å²) >= 11 is 0. The van der Waals surface area contributed by atoms with Crippen molar-refractivity contribution >= 4 is 23.0 Å². The van der Waals surface area contributed by atoms with Gasteiger partial charge in [0.05, 0.1) is 11.4 Å². The van der Waals surface area contributed by atoms with Gasteiger partial charge in [-0.25, -0.2) is 4.98 Å². The first-order valence-corrected chi connectivity index (χ1v) is 9.39. The zero-order chi connectivity index (χ0) is 19.9. The lowest BCUT2D eigenvalue weighted by atomic mass is 10.0. The molecule has 0 fully saturated rings. The predicted octanol–water partition coefficient (Wildman–Crippen LogP) is 3.98. The van der Waals surface area contributed by atoms with Gasteiger partial charge in [0.2, 0.25) is 0 Å². The Bertz CT molecular complexity index is 925. The molecule has 0 radical (unpaired) electrons. The molecule has 3 aromatic rings. The van der Waals surface area contributed by atoms with E-state index in [1.807, 2.05) is 66.7 Å². The Kier molecular flexibility index (Phi) is 6.40. The van der Waals surface area contributed by atoms with Gasteiger partial charge in [-0.3, -0.25) is 4.79 Å². The van der Waals surface area contributed by atoms with Crippen LogP contribution in [0.4, 0.5) is 17.2 Å². The van der Waals surface area contributed by atoms with Crippen molar-refractivity contribution in [1.29, 1.82) is 0 Å². The smallest absolute Gasteiger partial charge is 0.195 e. The highest BCUT2D eigenvalue weighted by atomic mass is 16.1. The molecular weight excluding hydrogens is 348 g/mol. The van der Waals surface area contributed by atoms with Crippen LogP contribution in [0.1, 0.15) is 22.3 Å². The maximum atomic E-state index is 13.2. The summed E-state index contributed by atoms with van der Waals surface area (Å²) in [5, 5.41) is 0. The molecule has 3 rings (SSSR count). The number of ketones is 1. The number of rotatable bonds is 8. The summed E-state index contributed by atoms with van der Waals surface area (Å²) in [6.45, 7) is 1.67. The van der Waals surface area contributed by atoms with E-state index in [1.54, 1.807) is 6.20 Å². The SMILES string of the molecule is CN(C)CCCN(c1ccccc1C(=O)c1ccccc1)c1cccnc1N. The lowest BCUT2D eigenvalue weighted by Gasteiger charge is -2.28. The molecule has 0 aliphatic rings. The van der Waals surface area contributed by atoms with E-state index in [0.717, 1.165) is 30.9 Å². The number of hydrogen-bond donors (Lipinski definition) is 1. The fourth-order valence-electron chi connectivity index (χ4n) is 3.20. The highest BCUT2D eigenvalue weighted by Gasteiger charge is 2.20. The standard InChI is InChI=1S/C23H26N4O/c1-26(2)16-9-17-27(21-14-8-15-25-23(21)24)20-13-7-6-12-19(20)22(28)18-10-4-3-5-11-18/h3-8,10-15H,9,16-17H2,1-2H3,(H2,24,25). The largest absolute Gasteiger partial charge is 0.382 e. The normalized spacial score (nSPS) is 10.8. The van der Waals surface area contributed by atoms with E-state index in [9.17, 15) is 4.79 Å². The van der Waals surface area contributed by atoms with Gasteiger partial charge >= 0.3 is 0 Å². The molecule has 2 N–H and O–H groups in total. The van der Waals surface area contributed by atoms with E-state index in [-0.39, 0.29) is 5.78 Å². The third-order valence-corrected chi connectivity index (χ3v) is 4.57. The molecule has 5 nitrogen and oxygen atoms in total. The summed E-state index contributed by atoms with van der Waals surface area (Å²) in [6, 6.07) is 20.8. The monoisotopic (exact) mass is 374 g/mol. The molecule has 0 aliphatic heterocycles. The van der Waals surface area contributed by atoms with Crippen LogP contribution in [0.25, 0.3) is 0 Å². The van der Waals surface area contributed by atoms with E-state index < -0.39 is 0 Å².